The molecule has 0 heterocycles. The zero-order chi connectivity index (χ0) is 14.5. The maximum atomic E-state index is 12.4. The van der Waals surface area contributed by atoms with Gasteiger partial charge in [0.1, 0.15) is 5.76 Å². The number of rotatable bonds is 2. The van der Waals surface area contributed by atoms with Crippen molar-refractivity contribution in [3.05, 3.63) is 11.8 Å². The highest BCUT2D eigenvalue weighted by molar-refractivity contribution is 7.87. The second-order valence-electron chi connectivity index (χ2n) is 5.68. The molecule has 0 spiro atoms. The van der Waals surface area contributed by atoms with E-state index in [4.69, 9.17) is 0 Å². The van der Waals surface area contributed by atoms with Crippen molar-refractivity contribution in [1.29, 1.82) is 0 Å². The summed E-state index contributed by atoms with van der Waals surface area (Å²) in [5, 5.41) is 0. The maximum absolute atomic E-state index is 12.4. The summed E-state index contributed by atoms with van der Waals surface area (Å²) in [5.74, 6) is 0.505. The van der Waals surface area contributed by atoms with Gasteiger partial charge in [-0.25, -0.2) is 0 Å². The molecule has 1 saturated carbocycles. The molecule has 0 amide bonds. The van der Waals surface area contributed by atoms with Gasteiger partial charge in [-0.15, -0.1) is 0 Å². The first-order valence-corrected chi connectivity index (χ1v) is 7.70. The molecule has 0 aromatic heterocycles. The Morgan fingerprint density at radius 2 is 2.05 bits per heavy atom. The molecule has 0 aliphatic heterocycles. The van der Waals surface area contributed by atoms with Crippen LogP contribution in [-0.4, -0.2) is 13.9 Å². The quantitative estimate of drug-likeness (QED) is 0.578. The molecule has 0 unspecified atom stereocenters. The standard InChI is InChI=1S/C12H17F3O3S/c1-8-4-3-7-11(2)9(8)5-6-10(11)18-19(16,17)12(13,14)15/h6,8-9H,3-5,7H2,1-2H3/t8-,9+,11+/m1/s1. The first-order valence-electron chi connectivity index (χ1n) is 6.29. The summed E-state index contributed by atoms with van der Waals surface area (Å²) in [6.45, 7) is 3.86. The minimum absolute atomic E-state index is 0.0265. The summed E-state index contributed by atoms with van der Waals surface area (Å²) in [4.78, 5) is 0. The monoisotopic (exact) mass is 298 g/mol. The van der Waals surface area contributed by atoms with Gasteiger partial charge in [0.2, 0.25) is 0 Å². The van der Waals surface area contributed by atoms with Gasteiger partial charge < -0.3 is 4.18 Å². The number of fused-ring (bicyclic) bond motifs is 1. The van der Waals surface area contributed by atoms with Crippen LogP contribution in [0.4, 0.5) is 13.2 Å². The lowest BCUT2D eigenvalue weighted by molar-refractivity contribution is -0.0540. The fourth-order valence-electron chi connectivity index (χ4n) is 3.37. The molecule has 0 bridgehead atoms. The molecular formula is C12H17F3O3S. The third-order valence-corrected chi connectivity index (χ3v) is 5.43. The Kier molecular flexibility index (Phi) is 3.40. The smallest absolute Gasteiger partial charge is 0.380 e. The molecular weight excluding hydrogens is 281 g/mol. The summed E-state index contributed by atoms with van der Waals surface area (Å²) >= 11 is 0. The highest BCUT2D eigenvalue weighted by atomic mass is 32.2. The molecule has 0 aromatic carbocycles. The molecule has 1 fully saturated rings. The van der Waals surface area contributed by atoms with E-state index in [1.807, 2.05) is 0 Å². The Bertz CT molecular complexity index is 495. The van der Waals surface area contributed by atoms with E-state index in [2.05, 4.69) is 11.1 Å². The van der Waals surface area contributed by atoms with E-state index in [0.29, 0.717) is 18.8 Å². The third kappa shape index (κ3) is 2.37. The van der Waals surface area contributed by atoms with Crippen LogP contribution in [0.1, 0.15) is 39.5 Å². The van der Waals surface area contributed by atoms with Crippen LogP contribution >= 0.6 is 0 Å². The number of allylic oxidation sites excluding steroid dienone is 2. The van der Waals surface area contributed by atoms with Crippen molar-refractivity contribution >= 4 is 10.1 Å². The van der Waals surface area contributed by atoms with Gasteiger partial charge in [0.05, 0.1) is 0 Å². The van der Waals surface area contributed by atoms with Gasteiger partial charge in [-0.2, -0.15) is 21.6 Å². The lowest BCUT2D eigenvalue weighted by atomic mass is 9.64. The molecule has 2 aliphatic rings. The second-order valence-corrected chi connectivity index (χ2v) is 7.22. The summed E-state index contributed by atoms with van der Waals surface area (Å²) in [6, 6.07) is 0. The van der Waals surface area contributed by atoms with E-state index >= 15 is 0 Å². The molecule has 0 N–H and O–H groups in total. The normalized spacial score (nSPS) is 35.7. The Morgan fingerprint density at radius 3 is 2.63 bits per heavy atom. The molecule has 3 nitrogen and oxygen atoms in total. The van der Waals surface area contributed by atoms with Crippen LogP contribution in [0.5, 0.6) is 0 Å². The molecule has 0 aromatic rings. The maximum Gasteiger partial charge on any atom is 0.534 e. The minimum atomic E-state index is -5.56. The predicted octanol–water partition coefficient (Wildman–Crippen LogP) is 3.58. The summed E-state index contributed by atoms with van der Waals surface area (Å²) in [5.41, 5.74) is -5.96. The van der Waals surface area contributed by atoms with E-state index in [-0.39, 0.29) is 11.7 Å². The Morgan fingerprint density at radius 1 is 1.42 bits per heavy atom. The van der Waals surface area contributed by atoms with Crippen LogP contribution in [0.15, 0.2) is 11.8 Å². The molecule has 110 valence electrons. The number of alkyl halides is 3. The van der Waals surface area contributed by atoms with E-state index in [1.165, 1.54) is 6.08 Å². The molecule has 2 aliphatic carbocycles. The second kappa shape index (κ2) is 4.40. The Hall–Kier alpha value is -0.720. The van der Waals surface area contributed by atoms with Crippen molar-refractivity contribution in [3.63, 3.8) is 0 Å². The van der Waals surface area contributed by atoms with Crippen LogP contribution in [-0.2, 0) is 14.3 Å². The van der Waals surface area contributed by atoms with Crippen molar-refractivity contribution in [2.24, 2.45) is 17.3 Å². The van der Waals surface area contributed by atoms with Crippen LogP contribution in [0.2, 0.25) is 0 Å². The minimum Gasteiger partial charge on any atom is -0.380 e. The highest BCUT2D eigenvalue weighted by Crippen LogP contribution is 2.55. The SMILES string of the molecule is C[C@@H]1CCC[C@]2(C)C(OS(=O)(=O)C(F)(F)F)=CC[C@@H]12. The van der Waals surface area contributed by atoms with E-state index in [9.17, 15) is 21.6 Å². The summed E-state index contributed by atoms with van der Waals surface area (Å²) in [6.07, 6.45) is 4.66. The molecule has 7 heteroatoms. The fraction of sp³-hybridized carbons (Fsp3) is 0.833. The fourth-order valence-corrected chi connectivity index (χ4v) is 3.96. The molecule has 19 heavy (non-hydrogen) atoms. The zero-order valence-electron chi connectivity index (χ0n) is 10.8. The molecule has 3 atom stereocenters. The van der Waals surface area contributed by atoms with Crippen LogP contribution in [0.25, 0.3) is 0 Å². The van der Waals surface area contributed by atoms with Gasteiger partial charge in [0.15, 0.2) is 0 Å². The van der Waals surface area contributed by atoms with Gasteiger partial charge in [-0.3, -0.25) is 0 Å². The van der Waals surface area contributed by atoms with Gasteiger partial charge in [0, 0.05) is 5.41 Å². The highest BCUT2D eigenvalue weighted by Gasteiger charge is 2.53. The average molecular weight is 298 g/mol. The van der Waals surface area contributed by atoms with Crippen molar-refractivity contribution < 1.29 is 25.8 Å². The van der Waals surface area contributed by atoms with Crippen LogP contribution < -0.4 is 0 Å². The zero-order valence-corrected chi connectivity index (χ0v) is 11.6. The van der Waals surface area contributed by atoms with Gasteiger partial charge in [-0.05, 0) is 30.8 Å². The first kappa shape index (κ1) is 14.7. The Balaban J connectivity index is 2.24. The van der Waals surface area contributed by atoms with Crippen LogP contribution in [0, 0.1) is 17.3 Å². The van der Waals surface area contributed by atoms with Gasteiger partial charge >= 0.3 is 15.6 Å². The molecule has 0 radical (unpaired) electrons. The van der Waals surface area contributed by atoms with Crippen molar-refractivity contribution in [2.45, 2.75) is 45.0 Å². The summed E-state index contributed by atoms with van der Waals surface area (Å²) < 4.78 is 63.7. The van der Waals surface area contributed by atoms with Crippen molar-refractivity contribution in [2.75, 3.05) is 0 Å². The average Bonchev–Trinajstić information content (AvgIpc) is 2.55. The first-order chi connectivity index (χ1) is 8.58. The topological polar surface area (TPSA) is 43.4 Å². The van der Waals surface area contributed by atoms with E-state index in [0.717, 1.165) is 12.8 Å². The van der Waals surface area contributed by atoms with Crippen molar-refractivity contribution in [1.82, 2.24) is 0 Å². The van der Waals surface area contributed by atoms with E-state index in [1.54, 1.807) is 6.92 Å². The molecule has 0 saturated heterocycles. The number of hydrogen-bond acceptors (Lipinski definition) is 3. The Labute approximate surface area is 110 Å². The summed E-state index contributed by atoms with van der Waals surface area (Å²) in [7, 11) is -5.56. The number of halogens is 3. The van der Waals surface area contributed by atoms with Crippen LogP contribution in [0.3, 0.4) is 0 Å². The lowest BCUT2D eigenvalue weighted by Gasteiger charge is -2.41. The van der Waals surface area contributed by atoms with Crippen molar-refractivity contribution in [3.8, 4) is 0 Å². The third-order valence-electron chi connectivity index (χ3n) is 4.46. The largest absolute Gasteiger partial charge is 0.534 e. The lowest BCUT2D eigenvalue weighted by Crippen LogP contribution is -2.36. The van der Waals surface area contributed by atoms with Gasteiger partial charge in [-0.1, -0.05) is 26.7 Å². The predicted molar refractivity (Wildman–Crippen MR) is 63.4 cm³/mol. The van der Waals surface area contributed by atoms with E-state index < -0.39 is 21.0 Å². The molecule has 2 rings (SSSR count). The number of hydrogen-bond donors (Lipinski definition) is 0. The van der Waals surface area contributed by atoms with Gasteiger partial charge in [0.25, 0.3) is 0 Å².